The Morgan fingerprint density at radius 3 is 1.38 bits per heavy atom. The first kappa shape index (κ1) is 23.6. The van der Waals surface area contributed by atoms with E-state index >= 15 is 0 Å². The van der Waals surface area contributed by atoms with Crippen LogP contribution in [-0.4, -0.2) is 53.4 Å². The predicted octanol–water partition coefficient (Wildman–Crippen LogP) is 4.23. The van der Waals surface area contributed by atoms with Gasteiger partial charge in [-0.2, -0.15) is 30.7 Å². The quantitative estimate of drug-likeness (QED) is 0.301. The molecule has 0 radical (unpaired) electrons. The molecule has 12 heteroatoms. The van der Waals surface area contributed by atoms with E-state index in [1.54, 1.807) is 20.8 Å². The predicted molar refractivity (Wildman–Crippen MR) is 72.0 cm³/mol. The second kappa shape index (κ2) is 9.32. The summed E-state index contributed by atoms with van der Waals surface area (Å²) in [4.78, 5) is 0. The van der Waals surface area contributed by atoms with Crippen LogP contribution in [0.15, 0.2) is 0 Å². The Morgan fingerprint density at radius 2 is 1.08 bits per heavy atom. The highest BCUT2D eigenvalue weighted by Crippen LogP contribution is 2.47. The first-order valence-electron chi connectivity index (χ1n) is 7.27. The van der Waals surface area contributed by atoms with E-state index in [0.717, 1.165) is 0 Å². The van der Waals surface area contributed by atoms with Crippen LogP contribution in [0.4, 0.5) is 30.7 Å². The van der Waals surface area contributed by atoms with E-state index in [1.807, 2.05) is 0 Å². The lowest BCUT2D eigenvalue weighted by molar-refractivity contribution is -0.429. The van der Waals surface area contributed by atoms with Crippen molar-refractivity contribution in [2.75, 3.05) is 26.4 Å². The molecule has 0 aliphatic rings. The summed E-state index contributed by atoms with van der Waals surface area (Å²) in [5, 5.41) is 0. The number of alkyl halides is 7. The first-order valence-corrected chi connectivity index (χ1v) is 9.20. The molecule has 0 rings (SSSR count). The second-order valence-electron chi connectivity index (χ2n) is 4.52. The molecule has 0 heterocycles. The van der Waals surface area contributed by atoms with Gasteiger partial charge in [-0.3, -0.25) is 0 Å². The largest absolute Gasteiger partial charge is 0.501 e. The van der Waals surface area contributed by atoms with Crippen molar-refractivity contribution in [1.82, 2.24) is 0 Å². The molecule has 4 nitrogen and oxygen atoms in total. The average molecular weight is 390 g/mol. The van der Waals surface area contributed by atoms with E-state index in [1.165, 1.54) is 0 Å². The van der Waals surface area contributed by atoms with E-state index in [-0.39, 0.29) is 32.3 Å². The molecule has 0 fully saturated rings. The van der Waals surface area contributed by atoms with Crippen LogP contribution in [0.3, 0.4) is 0 Å². The molecule has 0 aromatic carbocycles. The molecule has 0 amide bonds. The molecule has 0 aliphatic heterocycles. The number of rotatable bonds is 11. The Kier molecular flexibility index (Phi) is 9.15. The zero-order chi connectivity index (χ0) is 19.1. The fourth-order valence-corrected chi connectivity index (χ4v) is 4.41. The molecule has 146 valence electrons. The third-order valence-corrected chi connectivity index (χ3v) is 5.90. The maximum atomic E-state index is 13.3. The van der Waals surface area contributed by atoms with Gasteiger partial charge in [-0.25, -0.2) is 0 Å². The minimum atomic E-state index is -6.24. The summed E-state index contributed by atoms with van der Waals surface area (Å²) in [5.41, 5.74) is 0. The molecule has 0 aromatic rings. The van der Waals surface area contributed by atoms with Gasteiger partial charge < -0.3 is 18.0 Å². The topological polar surface area (TPSA) is 36.9 Å². The summed E-state index contributed by atoms with van der Waals surface area (Å²) in [6.45, 7) is 4.34. The van der Waals surface area contributed by atoms with Crippen molar-refractivity contribution in [3.05, 3.63) is 0 Å². The highest BCUT2D eigenvalue weighted by atomic mass is 28.4. The van der Waals surface area contributed by atoms with Gasteiger partial charge in [0.05, 0.1) is 6.61 Å². The molecular weight excluding hydrogens is 369 g/mol. The number of ether oxygens (including phenoxy) is 1. The summed E-state index contributed by atoms with van der Waals surface area (Å²) < 4.78 is 107. The van der Waals surface area contributed by atoms with Gasteiger partial charge in [0.1, 0.15) is 0 Å². The lowest BCUT2D eigenvalue weighted by Crippen LogP contribution is -2.55. The van der Waals surface area contributed by atoms with Crippen molar-refractivity contribution in [3.63, 3.8) is 0 Å². The Balaban J connectivity index is 4.87. The van der Waals surface area contributed by atoms with Gasteiger partial charge in [0.2, 0.25) is 0 Å². The minimum Gasteiger partial charge on any atom is -0.374 e. The van der Waals surface area contributed by atoms with Crippen molar-refractivity contribution in [2.45, 2.75) is 51.4 Å². The molecule has 0 N–H and O–H groups in total. The maximum absolute atomic E-state index is 13.3. The van der Waals surface area contributed by atoms with E-state index in [4.69, 9.17) is 13.3 Å². The van der Waals surface area contributed by atoms with E-state index in [9.17, 15) is 30.7 Å². The molecule has 0 atom stereocenters. The lowest BCUT2D eigenvalue weighted by atomic mass is 10.3. The Morgan fingerprint density at radius 1 is 0.708 bits per heavy atom. The molecular formula is C12H21F7O4Si. The van der Waals surface area contributed by atoms with Crippen LogP contribution in [-0.2, 0) is 18.0 Å². The molecule has 0 unspecified atom stereocenters. The van der Waals surface area contributed by atoms with Crippen LogP contribution in [0.1, 0.15) is 27.2 Å². The smallest absolute Gasteiger partial charge is 0.374 e. The van der Waals surface area contributed by atoms with Crippen LogP contribution in [0.2, 0.25) is 6.04 Å². The molecule has 0 aliphatic carbocycles. The normalized spacial score (nSPS) is 14.2. The SMILES string of the molecule is CCO[Si](CCCOC(F)(C(F)(F)F)C(F)(F)F)(OCC)OCC. The van der Waals surface area contributed by atoms with Gasteiger partial charge in [-0.1, -0.05) is 0 Å². The van der Waals surface area contributed by atoms with Crippen molar-refractivity contribution >= 4 is 8.80 Å². The monoisotopic (exact) mass is 390 g/mol. The van der Waals surface area contributed by atoms with Gasteiger partial charge >= 0.3 is 27.0 Å². The summed E-state index contributed by atoms with van der Waals surface area (Å²) in [5.74, 6) is -5.72. The van der Waals surface area contributed by atoms with Crippen molar-refractivity contribution in [1.29, 1.82) is 0 Å². The minimum absolute atomic E-state index is 0.103. The zero-order valence-electron chi connectivity index (χ0n) is 13.5. The maximum Gasteiger partial charge on any atom is 0.501 e. The molecule has 24 heavy (non-hydrogen) atoms. The Hall–Kier alpha value is -0.433. The summed E-state index contributed by atoms with van der Waals surface area (Å²) >= 11 is 0. The number of hydrogen-bond donors (Lipinski definition) is 0. The van der Waals surface area contributed by atoms with Crippen LogP contribution in [0.25, 0.3) is 0 Å². The third-order valence-electron chi connectivity index (χ3n) is 2.75. The van der Waals surface area contributed by atoms with Crippen LogP contribution >= 0.6 is 0 Å². The lowest BCUT2D eigenvalue weighted by Gasteiger charge is -2.31. The van der Waals surface area contributed by atoms with E-state index < -0.39 is 33.6 Å². The zero-order valence-corrected chi connectivity index (χ0v) is 14.5. The number of hydrogen-bond acceptors (Lipinski definition) is 4. The van der Waals surface area contributed by atoms with Crippen molar-refractivity contribution in [3.8, 4) is 0 Å². The first-order chi connectivity index (χ1) is 10.9. The van der Waals surface area contributed by atoms with Crippen LogP contribution in [0, 0.1) is 0 Å². The van der Waals surface area contributed by atoms with Gasteiger partial charge in [0.25, 0.3) is 0 Å². The molecule has 0 saturated carbocycles. The van der Waals surface area contributed by atoms with Crippen molar-refractivity contribution < 1.29 is 48.7 Å². The van der Waals surface area contributed by atoms with Gasteiger partial charge in [-0.15, -0.1) is 0 Å². The van der Waals surface area contributed by atoms with Gasteiger partial charge in [-0.05, 0) is 27.2 Å². The average Bonchev–Trinajstić information content (AvgIpc) is 2.41. The summed E-state index contributed by atoms with van der Waals surface area (Å²) in [7, 11) is -3.25. The highest BCUT2D eigenvalue weighted by molar-refractivity contribution is 6.60. The molecule has 0 aromatic heterocycles. The molecule has 0 saturated heterocycles. The van der Waals surface area contributed by atoms with Crippen LogP contribution in [0.5, 0.6) is 0 Å². The van der Waals surface area contributed by atoms with E-state index in [0.29, 0.717) is 0 Å². The van der Waals surface area contributed by atoms with E-state index in [2.05, 4.69) is 4.74 Å². The fourth-order valence-electron chi connectivity index (χ4n) is 1.83. The number of halogens is 7. The van der Waals surface area contributed by atoms with Crippen molar-refractivity contribution in [2.24, 2.45) is 0 Å². The Bertz CT molecular complexity index is 331. The Labute approximate surface area is 136 Å². The summed E-state index contributed by atoms with van der Waals surface area (Å²) in [6.07, 6.45) is -12.8. The van der Waals surface area contributed by atoms with Gasteiger partial charge in [0, 0.05) is 25.9 Å². The van der Waals surface area contributed by atoms with Crippen LogP contribution < -0.4 is 0 Å². The highest BCUT2D eigenvalue weighted by Gasteiger charge is 2.74. The van der Waals surface area contributed by atoms with Gasteiger partial charge in [0.15, 0.2) is 0 Å². The second-order valence-corrected chi connectivity index (χ2v) is 7.26. The third kappa shape index (κ3) is 6.13. The molecule has 0 spiro atoms. The molecule has 0 bridgehead atoms. The fraction of sp³-hybridized carbons (Fsp3) is 1.00. The standard InChI is InChI=1S/C12H21F7O4Si/c1-4-21-24(22-5-2,23-6-3)9-7-8-20-10(13,11(14,15)16)12(17,18)19/h4-9H2,1-3H3. The summed E-state index contributed by atoms with van der Waals surface area (Å²) in [6, 6.07) is -0.103.